The molecular formula is C23H23N3O2. The molecule has 5 heteroatoms. The fraction of sp³-hybridized carbons (Fsp3) is 0.261. The molecule has 5 nitrogen and oxygen atoms in total. The summed E-state index contributed by atoms with van der Waals surface area (Å²) in [6.07, 6.45) is 2.30. The van der Waals surface area contributed by atoms with Gasteiger partial charge in [-0.3, -0.25) is 4.98 Å². The Kier molecular flexibility index (Phi) is 5.90. The standard InChI is InChI=1S/C23H23N3O2/c1-4-17-11-16(13-24)12-19-21(17)25-14-20(23(27)28-5-2)22(19)26-15(3)18-9-7-6-8-10-18/h6-12,14-15H,4-5H2,1-3H3,(H,25,26)/t15-/m1/s1. The van der Waals surface area contributed by atoms with E-state index in [1.807, 2.05) is 50.2 Å². The summed E-state index contributed by atoms with van der Waals surface area (Å²) in [6.45, 7) is 6.11. The molecule has 1 atom stereocenters. The Hall–Kier alpha value is -3.39. The van der Waals surface area contributed by atoms with Crippen LogP contribution in [0.1, 0.15) is 53.9 Å². The number of fused-ring (bicyclic) bond motifs is 1. The van der Waals surface area contributed by atoms with Crippen molar-refractivity contribution < 1.29 is 9.53 Å². The van der Waals surface area contributed by atoms with E-state index >= 15 is 0 Å². The first kappa shape index (κ1) is 19.4. The molecule has 0 aliphatic rings. The number of anilines is 1. The molecule has 3 rings (SSSR count). The van der Waals surface area contributed by atoms with Crippen LogP contribution in [0.5, 0.6) is 0 Å². The average molecular weight is 373 g/mol. The van der Waals surface area contributed by atoms with Gasteiger partial charge in [-0.05, 0) is 43.5 Å². The first-order chi connectivity index (χ1) is 13.6. The summed E-state index contributed by atoms with van der Waals surface area (Å²) in [4.78, 5) is 17.1. The number of rotatable bonds is 6. The predicted molar refractivity (Wildman–Crippen MR) is 110 cm³/mol. The van der Waals surface area contributed by atoms with Crippen molar-refractivity contribution in [3.63, 3.8) is 0 Å². The van der Waals surface area contributed by atoms with E-state index < -0.39 is 5.97 Å². The Morgan fingerprint density at radius 1 is 1.25 bits per heavy atom. The molecule has 0 amide bonds. The zero-order chi connectivity index (χ0) is 20.1. The highest BCUT2D eigenvalue weighted by Gasteiger charge is 2.20. The van der Waals surface area contributed by atoms with Crippen LogP contribution in [-0.4, -0.2) is 17.6 Å². The molecular weight excluding hydrogens is 350 g/mol. The number of carbonyl (C=O) groups is 1. The highest BCUT2D eigenvalue weighted by molar-refractivity contribution is 6.06. The minimum atomic E-state index is -0.430. The molecule has 0 radical (unpaired) electrons. The Bertz CT molecular complexity index is 1040. The first-order valence-corrected chi connectivity index (χ1v) is 9.43. The number of aromatic nitrogens is 1. The van der Waals surface area contributed by atoms with Gasteiger partial charge in [0.15, 0.2) is 0 Å². The van der Waals surface area contributed by atoms with Gasteiger partial charge in [-0.25, -0.2) is 4.79 Å². The summed E-state index contributed by atoms with van der Waals surface area (Å²) >= 11 is 0. The summed E-state index contributed by atoms with van der Waals surface area (Å²) in [6, 6.07) is 15.8. The average Bonchev–Trinajstić information content (AvgIpc) is 2.73. The number of hydrogen-bond donors (Lipinski definition) is 1. The molecule has 142 valence electrons. The van der Waals surface area contributed by atoms with Gasteiger partial charge in [0.05, 0.1) is 29.4 Å². The van der Waals surface area contributed by atoms with E-state index in [1.54, 1.807) is 19.2 Å². The van der Waals surface area contributed by atoms with Crippen molar-refractivity contribution in [1.29, 1.82) is 5.26 Å². The summed E-state index contributed by atoms with van der Waals surface area (Å²) < 4.78 is 5.23. The number of benzene rings is 2. The molecule has 1 aromatic heterocycles. The van der Waals surface area contributed by atoms with Gasteiger partial charge in [0, 0.05) is 17.6 Å². The SMILES string of the molecule is CCOC(=O)c1cnc2c(CC)cc(C#N)cc2c1N[C@H](C)c1ccccc1. The summed E-state index contributed by atoms with van der Waals surface area (Å²) in [5.74, 6) is -0.430. The number of nitriles is 1. The normalized spacial score (nSPS) is 11.6. The topological polar surface area (TPSA) is 75.0 Å². The van der Waals surface area contributed by atoms with E-state index in [-0.39, 0.29) is 12.6 Å². The fourth-order valence-electron chi connectivity index (χ4n) is 3.27. The maximum atomic E-state index is 12.6. The van der Waals surface area contributed by atoms with Crippen molar-refractivity contribution in [2.75, 3.05) is 11.9 Å². The van der Waals surface area contributed by atoms with Crippen LogP contribution < -0.4 is 5.32 Å². The molecule has 0 saturated carbocycles. The van der Waals surface area contributed by atoms with Crippen LogP contribution in [0.3, 0.4) is 0 Å². The molecule has 3 aromatic rings. The smallest absolute Gasteiger partial charge is 0.341 e. The van der Waals surface area contributed by atoms with Gasteiger partial charge >= 0.3 is 5.97 Å². The maximum Gasteiger partial charge on any atom is 0.341 e. The molecule has 1 heterocycles. The fourth-order valence-corrected chi connectivity index (χ4v) is 3.27. The monoisotopic (exact) mass is 373 g/mol. The zero-order valence-corrected chi connectivity index (χ0v) is 16.3. The second-order valence-corrected chi connectivity index (χ2v) is 6.54. The molecule has 0 unspecified atom stereocenters. The van der Waals surface area contributed by atoms with E-state index in [0.29, 0.717) is 16.8 Å². The zero-order valence-electron chi connectivity index (χ0n) is 16.3. The second kappa shape index (κ2) is 8.53. The van der Waals surface area contributed by atoms with E-state index in [9.17, 15) is 10.1 Å². The Morgan fingerprint density at radius 3 is 2.64 bits per heavy atom. The van der Waals surface area contributed by atoms with Gasteiger partial charge in [-0.2, -0.15) is 5.26 Å². The third-order valence-corrected chi connectivity index (χ3v) is 4.72. The summed E-state index contributed by atoms with van der Waals surface area (Å²) in [7, 11) is 0. The lowest BCUT2D eigenvalue weighted by Crippen LogP contribution is -2.14. The van der Waals surface area contributed by atoms with E-state index in [1.165, 1.54) is 0 Å². The van der Waals surface area contributed by atoms with Crippen molar-refractivity contribution in [2.45, 2.75) is 33.2 Å². The summed E-state index contributed by atoms with van der Waals surface area (Å²) in [5.41, 5.74) is 4.41. The molecule has 0 spiro atoms. The lowest BCUT2D eigenvalue weighted by atomic mass is 9.99. The van der Waals surface area contributed by atoms with Crippen molar-refractivity contribution in [1.82, 2.24) is 4.98 Å². The Balaban J connectivity index is 2.21. The van der Waals surface area contributed by atoms with Crippen LogP contribution in [0.25, 0.3) is 10.9 Å². The minimum Gasteiger partial charge on any atom is -0.462 e. The van der Waals surface area contributed by atoms with Crippen LogP contribution in [0, 0.1) is 11.3 Å². The Labute approximate surface area is 165 Å². The summed E-state index contributed by atoms with van der Waals surface area (Å²) in [5, 5.41) is 13.7. The first-order valence-electron chi connectivity index (χ1n) is 9.43. The van der Waals surface area contributed by atoms with Gasteiger partial charge in [-0.1, -0.05) is 37.3 Å². The quantitative estimate of drug-likeness (QED) is 0.614. The highest BCUT2D eigenvalue weighted by Crippen LogP contribution is 2.33. The molecule has 0 aliphatic heterocycles. The van der Waals surface area contributed by atoms with E-state index in [2.05, 4.69) is 16.4 Å². The van der Waals surface area contributed by atoms with Gasteiger partial charge in [0.1, 0.15) is 5.56 Å². The molecule has 0 bridgehead atoms. The largest absolute Gasteiger partial charge is 0.462 e. The molecule has 0 aliphatic carbocycles. The number of carbonyl (C=O) groups excluding carboxylic acids is 1. The van der Waals surface area contributed by atoms with Crippen molar-refractivity contribution in [3.8, 4) is 6.07 Å². The maximum absolute atomic E-state index is 12.6. The number of ether oxygens (including phenoxy) is 1. The number of hydrogen-bond acceptors (Lipinski definition) is 5. The number of pyridine rings is 1. The van der Waals surface area contributed by atoms with E-state index in [4.69, 9.17) is 4.74 Å². The van der Waals surface area contributed by atoms with Crippen molar-refractivity contribution in [2.24, 2.45) is 0 Å². The molecule has 0 saturated heterocycles. The minimum absolute atomic E-state index is 0.0456. The van der Waals surface area contributed by atoms with Gasteiger partial charge in [0.25, 0.3) is 0 Å². The molecule has 2 aromatic carbocycles. The van der Waals surface area contributed by atoms with Gasteiger partial charge in [0.2, 0.25) is 0 Å². The molecule has 28 heavy (non-hydrogen) atoms. The lowest BCUT2D eigenvalue weighted by Gasteiger charge is -2.20. The van der Waals surface area contributed by atoms with Crippen LogP contribution in [-0.2, 0) is 11.2 Å². The van der Waals surface area contributed by atoms with E-state index in [0.717, 1.165) is 28.5 Å². The molecule has 1 N–H and O–H groups in total. The predicted octanol–water partition coefficient (Wildman–Crippen LogP) is 5.02. The van der Waals surface area contributed by atoms with Crippen LogP contribution in [0.15, 0.2) is 48.7 Å². The van der Waals surface area contributed by atoms with Crippen LogP contribution >= 0.6 is 0 Å². The van der Waals surface area contributed by atoms with Crippen LogP contribution in [0.2, 0.25) is 0 Å². The lowest BCUT2D eigenvalue weighted by molar-refractivity contribution is 0.0527. The number of esters is 1. The number of nitrogens with one attached hydrogen (secondary N) is 1. The third-order valence-electron chi connectivity index (χ3n) is 4.72. The second-order valence-electron chi connectivity index (χ2n) is 6.54. The van der Waals surface area contributed by atoms with Crippen molar-refractivity contribution >= 4 is 22.6 Å². The van der Waals surface area contributed by atoms with Crippen LogP contribution in [0.4, 0.5) is 5.69 Å². The van der Waals surface area contributed by atoms with Gasteiger partial charge < -0.3 is 10.1 Å². The van der Waals surface area contributed by atoms with Crippen molar-refractivity contribution in [3.05, 3.63) is 70.9 Å². The van der Waals surface area contributed by atoms with Gasteiger partial charge in [-0.15, -0.1) is 0 Å². The third kappa shape index (κ3) is 3.81. The highest BCUT2D eigenvalue weighted by atomic mass is 16.5. The number of aryl methyl sites for hydroxylation is 1. The molecule has 0 fully saturated rings. The Morgan fingerprint density at radius 2 is 2.00 bits per heavy atom. The number of nitrogens with zero attached hydrogens (tertiary/aromatic N) is 2.